The predicted molar refractivity (Wildman–Crippen MR) is 89.1 cm³/mol. The van der Waals surface area contributed by atoms with Crippen LogP contribution in [0.15, 0.2) is 59.5 Å². The number of benzene rings is 2. The van der Waals surface area contributed by atoms with Crippen molar-refractivity contribution in [3.05, 3.63) is 60.2 Å². The number of hydrogen-bond acceptors (Lipinski definition) is 3. The Morgan fingerprint density at radius 1 is 1.05 bits per heavy atom. The Labute approximate surface area is 131 Å². The Morgan fingerprint density at radius 3 is 2.43 bits per heavy atom. The topological polar surface area (TPSA) is 29.5 Å². The Kier molecular flexibility index (Phi) is 6.64. The van der Waals surface area contributed by atoms with Crippen LogP contribution >= 0.6 is 11.8 Å². The lowest BCUT2D eigenvalue weighted by atomic mass is 10.1. The van der Waals surface area contributed by atoms with Crippen molar-refractivity contribution in [3.8, 4) is 5.75 Å². The zero-order chi connectivity index (χ0) is 14.9. The predicted octanol–water partition coefficient (Wildman–Crippen LogP) is 4.17. The molecule has 0 heterocycles. The van der Waals surface area contributed by atoms with Crippen molar-refractivity contribution in [1.82, 2.24) is 0 Å². The van der Waals surface area contributed by atoms with Gasteiger partial charge in [0.1, 0.15) is 5.75 Å². The average molecular weight is 302 g/mol. The molecule has 0 aliphatic heterocycles. The third-order valence-electron chi connectivity index (χ3n) is 3.14. The molecule has 1 unspecified atom stereocenters. The van der Waals surface area contributed by atoms with Crippen molar-refractivity contribution in [2.45, 2.75) is 30.8 Å². The summed E-state index contributed by atoms with van der Waals surface area (Å²) in [6, 6.07) is 18.5. The fraction of sp³-hybridized carbons (Fsp3) is 0.333. The van der Waals surface area contributed by atoms with Crippen LogP contribution in [0.3, 0.4) is 0 Å². The van der Waals surface area contributed by atoms with Gasteiger partial charge in [0.15, 0.2) is 0 Å². The van der Waals surface area contributed by atoms with E-state index in [1.54, 1.807) is 11.8 Å². The number of hydrogen-bond donors (Lipinski definition) is 1. The number of aliphatic hydroxyl groups excluding tert-OH is 1. The Morgan fingerprint density at radius 2 is 1.76 bits per heavy atom. The first-order valence-corrected chi connectivity index (χ1v) is 8.30. The smallest absolute Gasteiger partial charge is 0.119 e. The lowest BCUT2D eigenvalue weighted by Gasteiger charge is -2.08. The summed E-state index contributed by atoms with van der Waals surface area (Å²) in [6.45, 7) is 2.52. The normalized spacial score (nSPS) is 12.1. The van der Waals surface area contributed by atoms with E-state index in [1.165, 1.54) is 10.5 Å². The highest BCUT2D eigenvalue weighted by molar-refractivity contribution is 7.99. The highest BCUT2D eigenvalue weighted by Gasteiger charge is 1.99. The number of aryl methyl sites for hydroxylation is 1. The monoisotopic (exact) mass is 302 g/mol. The average Bonchev–Trinajstić information content (AvgIpc) is 2.52. The van der Waals surface area contributed by atoms with E-state index in [1.807, 2.05) is 25.1 Å². The number of aliphatic hydroxyl groups is 1. The summed E-state index contributed by atoms with van der Waals surface area (Å²) in [5.41, 5.74) is 1.24. The molecule has 21 heavy (non-hydrogen) atoms. The van der Waals surface area contributed by atoms with E-state index in [2.05, 4.69) is 36.4 Å². The molecule has 2 aromatic carbocycles. The molecule has 0 aromatic heterocycles. The van der Waals surface area contributed by atoms with Gasteiger partial charge in [-0.05, 0) is 49.6 Å². The van der Waals surface area contributed by atoms with Crippen LogP contribution in [0, 0.1) is 0 Å². The molecule has 3 heteroatoms. The summed E-state index contributed by atoms with van der Waals surface area (Å²) < 4.78 is 5.74. The van der Waals surface area contributed by atoms with Crippen LogP contribution in [0.2, 0.25) is 0 Å². The second-order valence-electron chi connectivity index (χ2n) is 5.04. The minimum atomic E-state index is -0.240. The largest absolute Gasteiger partial charge is 0.493 e. The molecule has 2 rings (SSSR count). The summed E-state index contributed by atoms with van der Waals surface area (Å²) >= 11 is 1.80. The maximum atomic E-state index is 9.28. The molecular formula is C18H22O2S. The molecule has 1 N–H and O–H groups in total. The SMILES string of the molecule is CC(O)CCc1ccc(OCCSc2ccccc2)cc1. The van der Waals surface area contributed by atoms with Crippen LogP contribution in [0.4, 0.5) is 0 Å². The summed E-state index contributed by atoms with van der Waals surface area (Å²) in [5, 5.41) is 9.28. The lowest BCUT2D eigenvalue weighted by molar-refractivity contribution is 0.185. The fourth-order valence-electron chi connectivity index (χ4n) is 1.96. The van der Waals surface area contributed by atoms with Gasteiger partial charge in [-0.2, -0.15) is 0 Å². The van der Waals surface area contributed by atoms with E-state index in [9.17, 15) is 5.11 Å². The fourth-order valence-corrected chi connectivity index (χ4v) is 2.72. The van der Waals surface area contributed by atoms with Gasteiger partial charge in [0, 0.05) is 10.6 Å². The minimum absolute atomic E-state index is 0.240. The Balaban J connectivity index is 1.69. The zero-order valence-electron chi connectivity index (χ0n) is 12.4. The van der Waals surface area contributed by atoms with E-state index in [0.717, 1.165) is 24.3 Å². The van der Waals surface area contributed by atoms with Crippen LogP contribution in [0.5, 0.6) is 5.75 Å². The van der Waals surface area contributed by atoms with Crippen molar-refractivity contribution >= 4 is 11.8 Å². The number of ether oxygens (including phenoxy) is 1. The van der Waals surface area contributed by atoms with Crippen LogP contribution in [0.1, 0.15) is 18.9 Å². The Hall–Kier alpha value is -1.45. The standard InChI is InChI=1S/C18H22O2S/c1-15(19)7-8-16-9-11-17(12-10-16)20-13-14-21-18-5-3-2-4-6-18/h2-6,9-12,15,19H,7-8,13-14H2,1H3. The van der Waals surface area contributed by atoms with E-state index < -0.39 is 0 Å². The van der Waals surface area contributed by atoms with Gasteiger partial charge in [0.25, 0.3) is 0 Å². The summed E-state index contributed by atoms with van der Waals surface area (Å²) in [6.07, 6.45) is 1.46. The molecule has 2 aromatic rings. The van der Waals surface area contributed by atoms with Crippen molar-refractivity contribution in [3.63, 3.8) is 0 Å². The van der Waals surface area contributed by atoms with Gasteiger partial charge >= 0.3 is 0 Å². The molecule has 0 spiro atoms. The molecule has 0 amide bonds. The van der Waals surface area contributed by atoms with Crippen LogP contribution in [0.25, 0.3) is 0 Å². The first-order valence-electron chi connectivity index (χ1n) is 7.32. The van der Waals surface area contributed by atoms with Gasteiger partial charge in [-0.25, -0.2) is 0 Å². The first-order chi connectivity index (χ1) is 10.2. The molecule has 0 bridgehead atoms. The second kappa shape index (κ2) is 8.75. The third kappa shape index (κ3) is 6.23. The molecule has 0 fully saturated rings. The maximum absolute atomic E-state index is 9.28. The van der Waals surface area contributed by atoms with Gasteiger partial charge in [-0.1, -0.05) is 30.3 Å². The first kappa shape index (κ1) is 15.9. The summed E-state index contributed by atoms with van der Waals surface area (Å²) in [7, 11) is 0. The maximum Gasteiger partial charge on any atom is 0.119 e. The molecule has 2 nitrogen and oxygen atoms in total. The molecule has 112 valence electrons. The summed E-state index contributed by atoms with van der Waals surface area (Å²) in [5.74, 6) is 1.85. The van der Waals surface area contributed by atoms with E-state index >= 15 is 0 Å². The van der Waals surface area contributed by atoms with Crippen molar-refractivity contribution in [2.75, 3.05) is 12.4 Å². The van der Waals surface area contributed by atoms with Gasteiger partial charge in [0.05, 0.1) is 12.7 Å². The van der Waals surface area contributed by atoms with E-state index in [-0.39, 0.29) is 6.10 Å². The van der Waals surface area contributed by atoms with Crippen LogP contribution in [-0.2, 0) is 6.42 Å². The molecule has 0 aliphatic carbocycles. The van der Waals surface area contributed by atoms with Gasteiger partial charge in [-0.15, -0.1) is 11.8 Å². The number of thioether (sulfide) groups is 1. The van der Waals surface area contributed by atoms with Gasteiger partial charge in [-0.3, -0.25) is 0 Å². The van der Waals surface area contributed by atoms with E-state index in [4.69, 9.17) is 4.74 Å². The minimum Gasteiger partial charge on any atom is -0.493 e. The van der Waals surface area contributed by atoms with Gasteiger partial charge < -0.3 is 9.84 Å². The molecule has 0 radical (unpaired) electrons. The van der Waals surface area contributed by atoms with Crippen molar-refractivity contribution in [1.29, 1.82) is 0 Å². The van der Waals surface area contributed by atoms with Crippen LogP contribution < -0.4 is 4.74 Å². The molecule has 0 saturated carbocycles. The Bertz CT molecular complexity index is 509. The molecule has 1 atom stereocenters. The highest BCUT2D eigenvalue weighted by Crippen LogP contribution is 2.18. The molecule has 0 aliphatic rings. The van der Waals surface area contributed by atoms with Crippen LogP contribution in [-0.4, -0.2) is 23.6 Å². The number of rotatable bonds is 8. The zero-order valence-corrected chi connectivity index (χ0v) is 13.2. The molecular weight excluding hydrogens is 280 g/mol. The quantitative estimate of drug-likeness (QED) is 0.586. The van der Waals surface area contributed by atoms with Gasteiger partial charge in [0.2, 0.25) is 0 Å². The molecule has 0 saturated heterocycles. The lowest BCUT2D eigenvalue weighted by Crippen LogP contribution is -2.02. The van der Waals surface area contributed by atoms with E-state index in [0.29, 0.717) is 6.61 Å². The van der Waals surface area contributed by atoms with Crippen molar-refractivity contribution < 1.29 is 9.84 Å². The van der Waals surface area contributed by atoms with Crippen molar-refractivity contribution in [2.24, 2.45) is 0 Å². The summed E-state index contributed by atoms with van der Waals surface area (Å²) in [4.78, 5) is 1.27. The second-order valence-corrected chi connectivity index (χ2v) is 6.21. The highest BCUT2D eigenvalue weighted by atomic mass is 32.2. The third-order valence-corrected chi connectivity index (χ3v) is 4.11.